The Morgan fingerprint density at radius 3 is 2.49 bits per heavy atom. The van der Waals surface area contributed by atoms with Crippen LogP contribution in [0.3, 0.4) is 0 Å². The van der Waals surface area contributed by atoms with Crippen LogP contribution < -0.4 is 10.1 Å². The summed E-state index contributed by atoms with van der Waals surface area (Å²) >= 11 is 0. The smallest absolute Gasteiger partial charge is 0.319 e. The molecule has 5 heterocycles. The van der Waals surface area contributed by atoms with Crippen LogP contribution in [0.1, 0.15) is 65.1 Å². The van der Waals surface area contributed by atoms with Gasteiger partial charge in [-0.2, -0.15) is 15.1 Å². The quantitative estimate of drug-likeness (QED) is 0.393. The number of likely N-dealkylation sites (tertiary alicyclic amines) is 2. The van der Waals surface area contributed by atoms with Gasteiger partial charge in [0.05, 0.1) is 24.5 Å². The molecule has 0 aliphatic carbocycles. The highest BCUT2D eigenvalue weighted by molar-refractivity contribution is 5.94. The summed E-state index contributed by atoms with van der Waals surface area (Å²) in [4.78, 5) is 41.6. The molecule has 2 atom stereocenters. The molecule has 3 aliphatic rings. The second-order valence-corrected chi connectivity index (χ2v) is 12.9. The summed E-state index contributed by atoms with van der Waals surface area (Å²) in [5, 5.41) is 18.8. The van der Waals surface area contributed by atoms with Gasteiger partial charge in [0.2, 0.25) is 0 Å². The average Bonchev–Trinajstić information content (AvgIpc) is 3.49. The number of fused-ring (bicyclic) bond motifs is 1. The van der Waals surface area contributed by atoms with Gasteiger partial charge in [-0.15, -0.1) is 0 Å². The van der Waals surface area contributed by atoms with Gasteiger partial charge >= 0.3 is 6.01 Å². The number of nitrogens with zero attached hydrogens (tertiary/aromatic N) is 7. The third kappa shape index (κ3) is 7.28. The molecule has 6 rings (SSSR count). The fraction of sp³-hybridized carbons (Fsp3) is 0.545. The average molecular weight is 617 g/mol. The van der Waals surface area contributed by atoms with Gasteiger partial charge in [0.1, 0.15) is 11.5 Å². The number of piperidine rings is 2. The van der Waals surface area contributed by atoms with Crippen LogP contribution >= 0.6 is 0 Å². The summed E-state index contributed by atoms with van der Waals surface area (Å²) in [5.74, 6) is 0.527. The van der Waals surface area contributed by atoms with Gasteiger partial charge in [0.25, 0.3) is 11.8 Å². The maximum atomic E-state index is 13.8. The molecule has 3 aliphatic heterocycles. The van der Waals surface area contributed by atoms with E-state index in [4.69, 9.17) is 4.74 Å². The number of anilines is 1. The summed E-state index contributed by atoms with van der Waals surface area (Å²) in [6, 6.07) is 10.4. The van der Waals surface area contributed by atoms with Crippen LogP contribution in [0.2, 0.25) is 0 Å². The van der Waals surface area contributed by atoms with E-state index in [-0.39, 0.29) is 48.1 Å². The number of benzene rings is 1. The zero-order valence-corrected chi connectivity index (χ0v) is 26.4. The molecule has 2 amide bonds. The number of amides is 2. The van der Waals surface area contributed by atoms with E-state index in [1.54, 1.807) is 35.1 Å². The molecule has 2 aromatic heterocycles. The minimum Gasteiger partial charge on any atom is -0.463 e. The third-order valence-electron chi connectivity index (χ3n) is 9.02. The van der Waals surface area contributed by atoms with Gasteiger partial charge < -0.3 is 25.0 Å². The lowest BCUT2D eigenvalue weighted by atomic mass is 9.94. The molecule has 2 fully saturated rings. The van der Waals surface area contributed by atoms with Crippen LogP contribution in [0.4, 0.5) is 5.82 Å². The number of aromatic nitrogens is 4. The SMILES string of the molecule is CC(C)COc1nc(NC2CCN(C(=O)c3cnn(C)c3)CC2)cc(C(=O)N2CC[C@@H](N3CCc4ccccc4C3)[C@H](O)C2)n1. The molecule has 3 aromatic rings. The Kier molecular flexibility index (Phi) is 9.32. The van der Waals surface area contributed by atoms with Crippen molar-refractivity contribution in [2.45, 2.75) is 64.3 Å². The largest absolute Gasteiger partial charge is 0.463 e. The van der Waals surface area contributed by atoms with Gasteiger partial charge in [-0.3, -0.25) is 19.2 Å². The zero-order valence-electron chi connectivity index (χ0n) is 26.4. The maximum Gasteiger partial charge on any atom is 0.319 e. The van der Waals surface area contributed by atoms with E-state index < -0.39 is 6.10 Å². The maximum absolute atomic E-state index is 13.8. The number of aliphatic hydroxyl groups is 1. The fourth-order valence-corrected chi connectivity index (χ4v) is 6.56. The highest BCUT2D eigenvalue weighted by atomic mass is 16.5. The van der Waals surface area contributed by atoms with Crippen molar-refractivity contribution in [1.29, 1.82) is 0 Å². The van der Waals surface area contributed by atoms with E-state index in [0.29, 0.717) is 44.0 Å². The lowest BCUT2D eigenvalue weighted by Crippen LogP contribution is -2.56. The molecule has 45 heavy (non-hydrogen) atoms. The van der Waals surface area contributed by atoms with E-state index in [1.807, 2.05) is 18.7 Å². The molecular formula is C33H44N8O4. The molecule has 0 radical (unpaired) electrons. The normalized spacial score (nSPS) is 21.1. The number of carbonyl (C=O) groups excluding carboxylic acids is 2. The van der Waals surface area contributed by atoms with Crippen molar-refractivity contribution in [1.82, 2.24) is 34.4 Å². The van der Waals surface area contributed by atoms with Gasteiger partial charge in [-0.05, 0) is 42.7 Å². The van der Waals surface area contributed by atoms with E-state index in [1.165, 1.54) is 11.1 Å². The first-order valence-corrected chi connectivity index (χ1v) is 16.1. The predicted octanol–water partition coefficient (Wildman–Crippen LogP) is 2.60. The molecule has 12 heteroatoms. The number of hydrogen-bond acceptors (Lipinski definition) is 9. The lowest BCUT2D eigenvalue weighted by molar-refractivity contribution is -0.0139. The summed E-state index contributed by atoms with van der Waals surface area (Å²) in [7, 11) is 1.80. The molecule has 0 spiro atoms. The molecule has 0 bridgehead atoms. The number of nitrogens with one attached hydrogen (secondary N) is 1. The Bertz CT molecular complexity index is 1500. The predicted molar refractivity (Wildman–Crippen MR) is 169 cm³/mol. The highest BCUT2D eigenvalue weighted by Gasteiger charge is 2.36. The molecular weight excluding hydrogens is 572 g/mol. The van der Waals surface area contributed by atoms with Crippen LogP contribution in [-0.2, 0) is 20.0 Å². The summed E-state index contributed by atoms with van der Waals surface area (Å²) in [6.07, 6.45) is 5.82. The van der Waals surface area contributed by atoms with E-state index in [0.717, 1.165) is 32.4 Å². The molecule has 2 saturated heterocycles. The monoisotopic (exact) mass is 616 g/mol. The Morgan fingerprint density at radius 1 is 1.02 bits per heavy atom. The molecule has 0 unspecified atom stereocenters. The summed E-state index contributed by atoms with van der Waals surface area (Å²) in [6.45, 7) is 8.23. The molecule has 12 nitrogen and oxygen atoms in total. The first kappa shape index (κ1) is 31.0. The number of rotatable bonds is 8. The number of hydrogen-bond donors (Lipinski definition) is 2. The number of β-amino-alcohol motifs (C(OH)–C–C–N with tert-alkyl or cyclic N) is 1. The Labute approximate surface area is 264 Å². The van der Waals surface area contributed by atoms with Gasteiger partial charge in [0, 0.05) is 70.7 Å². The van der Waals surface area contributed by atoms with Crippen LogP contribution in [0.5, 0.6) is 6.01 Å². The first-order valence-electron chi connectivity index (χ1n) is 16.1. The molecule has 240 valence electrons. The lowest BCUT2D eigenvalue weighted by Gasteiger charge is -2.43. The number of ether oxygens (including phenoxy) is 1. The first-order chi connectivity index (χ1) is 21.7. The van der Waals surface area contributed by atoms with Gasteiger partial charge in [-0.25, -0.2) is 0 Å². The summed E-state index contributed by atoms with van der Waals surface area (Å²) < 4.78 is 7.50. The van der Waals surface area contributed by atoms with Crippen molar-refractivity contribution in [3.05, 3.63) is 65.1 Å². The zero-order chi connectivity index (χ0) is 31.5. The van der Waals surface area contributed by atoms with E-state index >= 15 is 0 Å². The molecule has 1 aromatic carbocycles. The number of aliphatic hydroxyl groups excluding tert-OH is 1. The highest BCUT2D eigenvalue weighted by Crippen LogP contribution is 2.27. The van der Waals surface area contributed by atoms with Crippen LogP contribution in [-0.4, -0.2) is 109 Å². The summed E-state index contributed by atoms with van der Waals surface area (Å²) in [5.41, 5.74) is 3.52. The second kappa shape index (κ2) is 13.5. The van der Waals surface area contributed by atoms with E-state index in [9.17, 15) is 14.7 Å². The van der Waals surface area contributed by atoms with Gasteiger partial charge in [-0.1, -0.05) is 38.1 Å². The van der Waals surface area contributed by atoms with Crippen molar-refractivity contribution in [2.75, 3.05) is 44.6 Å². The van der Waals surface area contributed by atoms with Crippen molar-refractivity contribution < 1.29 is 19.4 Å². The molecule has 0 saturated carbocycles. The van der Waals surface area contributed by atoms with Gasteiger partial charge in [0.15, 0.2) is 0 Å². The van der Waals surface area contributed by atoms with Crippen LogP contribution in [0.15, 0.2) is 42.7 Å². The van der Waals surface area contributed by atoms with Crippen LogP contribution in [0.25, 0.3) is 0 Å². The van der Waals surface area contributed by atoms with Crippen molar-refractivity contribution in [3.63, 3.8) is 0 Å². The Morgan fingerprint density at radius 2 is 1.78 bits per heavy atom. The van der Waals surface area contributed by atoms with Crippen LogP contribution in [0, 0.1) is 5.92 Å². The number of carbonyl (C=O) groups is 2. The van der Waals surface area contributed by atoms with Crippen molar-refractivity contribution in [2.24, 2.45) is 13.0 Å². The Hall–Kier alpha value is -4.03. The number of aryl methyl sites for hydroxylation is 1. The van der Waals surface area contributed by atoms with E-state index in [2.05, 4.69) is 49.5 Å². The minimum atomic E-state index is -0.649. The second-order valence-electron chi connectivity index (χ2n) is 12.9. The fourth-order valence-electron chi connectivity index (χ4n) is 6.56. The standard InChI is InChI=1S/C33H44N8O4/c1-22(2)21-45-33-36-27(16-30(37-33)35-26-9-13-39(14-10-26)31(43)25-17-34-38(3)18-25)32(44)41-15-11-28(29(42)20-41)40-12-8-23-6-4-5-7-24(23)19-40/h4-7,16-18,22,26,28-29,42H,8-15,19-21H2,1-3H3,(H,35,36,37)/t28-,29-/m1/s1. The Balaban J connectivity index is 1.10. The topological polar surface area (TPSA) is 129 Å². The van der Waals surface area contributed by atoms with Crippen molar-refractivity contribution >= 4 is 17.6 Å². The van der Waals surface area contributed by atoms with Crippen molar-refractivity contribution in [3.8, 4) is 6.01 Å². The third-order valence-corrected chi connectivity index (χ3v) is 9.02. The molecule has 2 N–H and O–H groups in total. The minimum absolute atomic E-state index is 0.00544.